The Morgan fingerprint density at radius 3 is 2.69 bits per heavy atom. The Bertz CT molecular complexity index is 539. The van der Waals surface area contributed by atoms with Crippen molar-refractivity contribution >= 4 is 16.9 Å². The van der Waals surface area contributed by atoms with E-state index in [0.29, 0.717) is 11.3 Å². The summed E-state index contributed by atoms with van der Waals surface area (Å²) in [5, 5.41) is 0.890. The molecule has 1 aromatic heterocycles. The molecule has 0 atom stereocenters. The topological polar surface area (TPSA) is 48.7 Å². The predicted octanol–water partition coefficient (Wildman–Crippen LogP) is 2.54. The number of fused-ring (bicyclic) bond motifs is 1. The lowest BCUT2D eigenvalue weighted by Crippen LogP contribution is -2.00. The number of benzene rings is 1. The Labute approximate surface area is 92.8 Å². The van der Waals surface area contributed by atoms with Crippen LogP contribution < -0.4 is 4.74 Å². The van der Waals surface area contributed by atoms with E-state index in [9.17, 15) is 4.79 Å². The molecular weight excluding hydrogens is 208 g/mol. The minimum absolute atomic E-state index is 0.241. The first kappa shape index (κ1) is 10.5. The SMILES string of the molecule is COC(=O)c1oc2cc(OC)ccc2c1C. The van der Waals surface area contributed by atoms with Crippen LogP contribution in [0.1, 0.15) is 16.1 Å². The molecule has 0 aliphatic carbocycles. The van der Waals surface area contributed by atoms with Crippen molar-refractivity contribution in [2.75, 3.05) is 14.2 Å². The third-order valence-corrected chi connectivity index (χ3v) is 2.52. The molecule has 0 saturated carbocycles. The van der Waals surface area contributed by atoms with Crippen LogP contribution in [-0.2, 0) is 4.74 Å². The summed E-state index contributed by atoms with van der Waals surface area (Å²) >= 11 is 0. The van der Waals surface area contributed by atoms with Crippen molar-refractivity contribution in [2.24, 2.45) is 0 Å². The van der Waals surface area contributed by atoms with E-state index in [1.807, 2.05) is 19.1 Å². The number of rotatable bonds is 2. The van der Waals surface area contributed by atoms with Gasteiger partial charge in [0.25, 0.3) is 0 Å². The molecule has 0 bridgehead atoms. The first-order valence-electron chi connectivity index (χ1n) is 4.83. The van der Waals surface area contributed by atoms with Crippen LogP contribution in [0.5, 0.6) is 5.75 Å². The molecule has 4 heteroatoms. The molecule has 0 fully saturated rings. The number of aryl methyl sites for hydroxylation is 1. The van der Waals surface area contributed by atoms with Crippen LogP contribution in [0.15, 0.2) is 22.6 Å². The first-order chi connectivity index (χ1) is 7.67. The van der Waals surface area contributed by atoms with Crippen LogP contribution >= 0.6 is 0 Å². The van der Waals surface area contributed by atoms with Crippen LogP contribution in [-0.4, -0.2) is 20.2 Å². The maximum absolute atomic E-state index is 11.4. The summed E-state index contributed by atoms with van der Waals surface area (Å²) in [6.07, 6.45) is 0. The summed E-state index contributed by atoms with van der Waals surface area (Å²) in [5.74, 6) is 0.469. The average Bonchev–Trinajstić information content (AvgIpc) is 2.65. The number of methoxy groups -OCH3 is 2. The molecular formula is C12H12O4. The molecule has 1 aromatic carbocycles. The van der Waals surface area contributed by atoms with E-state index in [4.69, 9.17) is 9.15 Å². The lowest BCUT2D eigenvalue weighted by atomic mass is 10.1. The molecule has 0 unspecified atom stereocenters. The summed E-state index contributed by atoms with van der Waals surface area (Å²) < 4.78 is 15.2. The largest absolute Gasteiger partial charge is 0.497 e. The fourth-order valence-corrected chi connectivity index (χ4v) is 1.62. The lowest BCUT2D eigenvalue weighted by Gasteiger charge is -1.97. The van der Waals surface area contributed by atoms with Crippen LogP contribution in [0, 0.1) is 6.92 Å². The highest BCUT2D eigenvalue weighted by Gasteiger charge is 2.18. The van der Waals surface area contributed by atoms with E-state index in [1.165, 1.54) is 7.11 Å². The van der Waals surface area contributed by atoms with Crippen molar-refractivity contribution in [1.82, 2.24) is 0 Å². The monoisotopic (exact) mass is 220 g/mol. The van der Waals surface area contributed by atoms with Gasteiger partial charge in [0.05, 0.1) is 14.2 Å². The smallest absolute Gasteiger partial charge is 0.374 e. The molecule has 0 aliphatic heterocycles. The first-order valence-corrected chi connectivity index (χ1v) is 4.83. The number of carbonyl (C=O) groups is 1. The van der Waals surface area contributed by atoms with Gasteiger partial charge in [-0.1, -0.05) is 0 Å². The highest BCUT2D eigenvalue weighted by atomic mass is 16.5. The third kappa shape index (κ3) is 1.52. The number of ether oxygens (including phenoxy) is 2. The molecule has 1 heterocycles. The van der Waals surface area contributed by atoms with Gasteiger partial charge in [0.1, 0.15) is 11.3 Å². The molecule has 0 amide bonds. The quantitative estimate of drug-likeness (QED) is 0.730. The standard InChI is InChI=1S/C12H12O4/c1-7-9-5-4-8(14-2)6-10(9)16-11(7)12(13)15-3/h4-6H,1-3H3. The zero-order valence-corrected chi connectivity index (χ0v) is 9.37. The van der Waals surface area contributed by atoms with Crippen molar-refractivity contribution in [3.63, 3.8) is 0 Å². The van der Waals surface area contributed by atoms with Gasteiger partial charge in [-0.05, 0) is 19.1 Å². The molecule has 0 N–H and O–H groups in total. The van der Waals surface area contributed by atoms with Gasteiger partial charge in [0.2, 0.25) is 5.76 Å². The van der Waals surface area contributed by atoms with Gasteiger partial charge in [-0.2, -0.15) is 0 Å². The normalized spacial score (nSPS) is 10.4. The second-order valence-corrected chi connectivity index (χ2v) is 3.41. The van der Waals surface area contributed by atoms with Crippen LogP contribution in [0.2, 0.25) is 0 Å². The highest BCUT2D eigenvalue weighted by Crippen LogP contribution is 2.28. The lowest BCUT2D eigenvalue weighted by molar-refractivity contribution is 0.0566. The van der Waals surface area contributed by atoms with E-state index in [1.54, 1.807) is 13.2 Å². The van der Waals surface area contributed by atoms with E-state index >= 15 is 0 Å². The predicted molar refractivity (Wildman–Crippen MR) is 58.8 cm³/mol. The second-order valence-electron chi connectivity index (χ2n) is 3.41. The number of hydrogen-bond donors (Lipinski definition) is 0. The van der Waals surface area contributed by atoms with Crippen molar-refractivity contribution in [3.8, 4) is 5.75 Å². The Morgan fingerprint density at radius 1 is 1.31 bits per heavy atom. The zero-order chi connectivity index (χ0) is 11.7. The van der Waals surface area contributed by atoms with E-state index in [0.717, 1.165) is 10.9 Å². The maximum atomic E-state index is 11.4. The molecule has 0 saturated heterocycles. The Hall–Kier alpha value is -1.97. The summed E-state index contributed by atoms with van der Waals surface area (Å²) in [6, 6.07) is 5.43. The van der Waals surface area contributed by atoms with E-state index in [2.05, 4.69) is 4.74 Å². The van der Waals surface area contributed by atoms with Gasteiger partial charge in [-0.15, -0.1) is 0 Å². The van der Waals surface area contributed by atoms with E-state index < -0.39 is 5.97 Å². The second kappa shape index (κ2) is 3.89. The van der Waals surface area contributed by atoms with Crippen molar-refractivity contribution in [2.45, 2.75) is 6.92 Å². The van der Waals surface area contributed by atoms with E-state index in [-0.39, 0.29) is 5.76 Å². The Balaban J connectivity index is 2.63. The maximum Gasteiger partial charge on any atom is 0.374 e. The molecule has 0 radical (unpaired) electrons. The summed E-state index contributed by atoms with van der Waals surface area (Å²) in [4.78, 5) is 11.4. The van der Waals surface area contributed by atoms with Gasteiger partial charge in [-0.25, -0.2) is 4.79 Å². The summed E-state index contributed by atoms with van der Waals surface area (Å²) in [6.45, 7) is 1.82. The Morgan fingerprint density at radius 2 is 2.06 bits per heavy atom. The zero-order valence-electron chi connectivity index (χ0n) is 9.37. The Kier molecular flexibility index (Phi) is 2.56. The van der Waals surface area contributed by atoms with Crippen molar-refractivity contribution in [3.05, 3.63) is 29.5 Å². The molecule has 2 rings (SSSR count). The molecule has 0 aliphatic rings. The minimum Gasteiger partial charge on any atom is -0.497 e. The third-order valence-electron chi connectivity index (χ3n) is 2.52. The summed E-state index contributed by atoms with van der Waals surface area (Å²) in [5.41, 5.74) is 1.40. The van der Waals surface area contributed by atoms with Crippen LogP contribution in [0.25, 0.3) is 11.0 Å². The highest BCUT2D eigenvalue weighted by molar-refractivity contribution is 5.96. The molecule has 0 spiro atoms. The molecule has 2 aromatic rings. The van der Waals surface area contributed by atoms with Gasteiger partial charge >= 0.3 is 5.97 Å². The van der Waals surface area contributed by atoms with Crippen molar-refractivity contribution < 1.29 is 18.7 Å². The minimum atomic E-state index is -0.465. The number of carbonyl (C=O) groups excluding carboxylic acids is 1. The fraction of sp³-hybridized carbons (Fsp3) is 0.250. The van der Waals surface area contributed by atoms with Gasteiger partial charge in [0, 0.05) is 17.0 Å². The van der Waals surface area contributed by atoms with Crippen LogP contribution in [0.3, 0.4) is 0 Å². The number of hydrogen-bond acceptors (Lipinski definition) is 4. The average molecular weight is 220 g/mol. The van der Waals surface area contributed by atoms with Gasteiger partial charge in [-0.3, -0.25) is 0 Å². The number of furan rings is 1. The molecule has 16 heavy (non-hydrogen) atoms. The molecule has 4 nitrogen and oxygen atoms in total. The number of esters is 1. The van der Waals surface area contributed by atoms with Crippen molar-refractivity contribution in [1.29, 1.82) is 0 Å². The fourth-order valence-electron chi connectivity index (χ4n) is 1.62. The van der Waals surface area contributed by atoms with Gasteiger partial charge in [0.15, 0.2) is 0 Å². The molecule has 84 valence electrons. The van der Waals surface area contributed by atoms with Crippen LogP contribution in [0.4, 0.5) is 0 Å². The van der Waals surface area contributed by atoms with Gasteiger partial charge < -0.3 is 13.9 Å². The summed E-state index contributed by atoms with van der Waals surface area (Å²) in [7, 11) is 2.91.